The van der Waals surface area contributed by atoms with Crippen molar-refractivity contribution in [1.82, 2.24) is 14.5 Å². The van der Waals surface area contributed by atoms with Gasteiger partial charge in [0.2, 0.25) is 0 Å². The zero-order valence-electron chi connectivity index (χ0n) is 17.1. The summed E-state index contributed by atoms with van der Waals surface area (Å²) in [7, 11) is 0. The molecule has 2 aromatic heterocycles. The van der Waals surface area contributed by atoms with Crippen molar-refractivity contribution in [3.63, 3.8) is 0 Å². The molecule has 3 aromatic rings. The molecule has 2 aliphatic carbocycles. The molecule has 0 radical (unpaired) electrons. The molecule has 6 heteroatoms. The quantitative estimate of drug-likeness (QED) is 0.618. The van der Waals surface area contributed by atoms with Gasteiger partial charge in [-0.05, 0) is 59.9 Å². The maximum Gasteiger partial charge on any atom is 0.145 e. The molecule has 2 aliphatic rings. The summed E-state index contributed by atoms with van der Waals surface area (Å²) in [6.07, 6.45) is 6.23. The maximum absolute atomic E-state index is 10.2. The van der Waals surface area contributed by atoms with E-state index in [-0.39, 0.29) is 23.6 Å². The zero-order chi connectivity index (χ0) is 20.3. The van der Waals surface area contributed by atoms with Crippen LogP contribution in [-0.4, -0.2) is 25.7 Å². The number of aliphatic hydroxyl groups is 1. The van der Waals surface area contributed by atoms with E-state index in [0.29, 0.717) is 5.92 Å². The molecule has 0 aliphatic heterocycles. The van der Waals surface area contributed by atoms with Gasteiger partial charge in [-0.3, -0.25) is 0 Å². The number of benzene rings is 1. The zero-order valence-corrected chi connectivity index (χ0v) is 17.8. The van der Waals surface area contributed by atoms with E-state index in [1.165, 1.54) is 11.1 Å². The van der Waals surface area contributed by atoms with Gasteiger partial charge < -0.3 is 15.0 Å². The Kier molecular flexibility index (Phi) is 4.37. The van der Waals surface area contributed by atoms with Crippen LogP contribution in [0.2, 0.25) is 5.02 Å². The largest absolute Gasteiger partial charge is 0.393 e. The van der Waals surface area contributed by atoms with Crippen molar-refractivity contribution in [2.24, 2.45) is 5.92 Å². The van der Waals surface area contributed by atoms with Crippen molar-refractivity contribution in [3.8, 4) is 0 Å². The third kappa shape index (κ3) is 3.11. The Hall–Kier alpha value is -2.11. The van der Waals surface area contributed by atoms with Crippen molar-refractivity contribution in [3.05, 3.63) is 52.9 Å². The summed E-state index contributed by atoms with van der Waals surface area (Å²) >= 11 is 6.26. The predicted molar refractivity (Wildman–Crippen MR) is 116 cm³/mol. The highest BCUT2D eigenvalue weighted by Gasteiger charge is 2.37. The highest BCUT2D eigenvalue weighted by Crippen LogP contribution is 2.47. The number of nitrogens with zero attached hydrogens (tertiary/aromatic N) is 3. The van der Waals surface area contributed by atoms with Gasteiger partial charge in [-0.2, -0.15) is 0 Å². The van der Waals surface area contributed by atoms with Crippen LogP contribution >= 0.6 is 11.6 Å². The van der Waals surface area contributed by atoms with Crippen molar-refractivity contribution in [2.75, 3.05) is 5.32 Å². The lowest BCUT2D eigenvalue weighted by Crippen LogP contribution is -2.15. The fraction of sp³-hybridized carbons (Fsp3) is 0.478. The summed E-state index contributed by atoms with van der Waals surface area (Å²) in [5.41, 5.74) is 3.59. The van der Waals surface area contributed by atoms with Gasteiger partial charge in [-0.25, -0.2) is 9.97 Å². The van der Waals surface area contributed by atoms with Gasteiger partial charge in [-0.1, -0.05) is 38.4 Å². The average Bonchev–Trinajstić information content (AvgIpc) is 3.31. The minimum Gasteiger partial charge on any atom is -0.393 e. The SMILES string of the molecule is C[C@H]1C[C@@H](n2ccc3c(N[C@H]4CC(C)(C)c5cc(Cl)ccc54)ncnc32)C[C@@H]1O. The fourth-order valence-corrected chi connectivity index (χ4v) is 5.42. The summed E-state index contributed by atoms with van der Waals surface area (Å²) in [4.78, 5) is 9.14. The number of fused-ring (bicyclic) bond motifs is 2. The van der Waals surface area contributed by atoms with Crippen molar-refractivity contribution in [1.29, 1.82) is 0 Å². The molecule has 2 heterocycles. The number of nitrogens with one attached hydrogen (secondary N) is 1. The molecule has 5 rings (SSSR count). The molecule has 152 valence electrons. The van der Waals surface area contributed by atoms with E-state index < -0.39 is 0 Å². The summed E-state index contributed by atoms with van der Waals surface area (Å²) in [5.74, 6) is 1.19. The van der Waals surface area contributed by atoms with Gasteiger partial charge in [0.15, 0.2) is 0 Å². The first kappa shape index (κ1) is 18.9. The van der Waals surface area contributed by atoms with Gasteiger partial charge in [0, 0.05) is 17.3 Å². The Morgan fingerprint density at radius 2 is 2.03 bits per heavy atom. The minimum atomic E-state index is -0.235. The van der Waals surface area contributed by atoms with Crippen molar-refractivity contribution >= 4 is 28.5 Å². The molecule has 0 amide bonds. The van der Waals surface area contributed by atoms with Crippen LogP contribution < -0.4 is 5.32 Å². The first-order chi connectivity index (χ1) is 13.8. The Morgan fingerprint density at radius 3 is 2.79 bits per heavy atom. The second kappa shape index (κ2) is 6.71. The molecule has 1 aromatic carbocycles. The highest BCUT2D eigenvalue weighted by atomic mass is 35.5. The topological polar surface area (TPSA) is 63.0 Å². The normalized spacial score (nSPS) is 28.0. The van der Waals surface area contributed by atoms with Crippen LogP contribution in [0.5, 0.6) is 0 Å². The Balaban J connectivity index is 1.48. The van der Waals surface area contributed by atoms with E-state index in [9.17, 15) is 5.11 Å². The molecule has 4 atom stereocenters. The number of hydrogen-bond acceptors (Lipinski definition) is 4. The molecule has 0 spiro atoms. The second-order valence-electron chi connectivity index (χ2n) is 9.37. The van der Waals surface area contributed by atoms with Gasteiger partial charge in [-0.15, -0.1) is 0 Å². The van der Waals surface area contributed by atoms with Gasteiger partial charge in [0.05, 0.1) is 17.5 Å². The van der Waals surface area contributed by atoms with E-state index in [4.69, 9.17) is 11.6 Å². The molecular weight excluding hydrogens is 384 g/mol. The monoisotopic (exact) mass is 410 g/mol. The first-order valence-electron chi connectivity index (χ1n) is 10.4. The summed E-state index contributed by atoms with van der Waals surface area (Å²) < 4.78 is 2.21. The molecule has 1 saturated carbocycles. The third-order valence-electron chi connectivity index (χ3n) is 6.86. The Morgan fingerprint density at radius 1 is 1.21 bits per heavy atom. The van der Waals surface area contributed by atoms with Crippen LogP contribution in [0.1, 0.15) is 63.2 Å². The van der Waals surface area contributed by atoms with E-state index in [2.05, 4.69) is 65.0 Å². The number of anilines is 1. The number of hydrogen-bond donors (Lipinski definition) is 2. The molecule has 1 fully saturated rings. The molecular formula is C23H27ClN4O. The van der Waals surface area contributed by atoms with Crippen LogP contribution in [0.3, 0.4) is 0 Å². The summed E-state index contributed by atoms with van der Waals surface area (Å²) in [6, 6.07) is 8.76. The summed E-state index contributed by atoms with van der Waals surface area (Å²) in [5, 5.41) is 15.7. The molecule has 29 heavy (non-hydrogen) atoms. The lowest BCUT2D eigenvalue weighted by Gasteiger charge is -2.20. The minimum absolute atomic E-state index is 0.0616. The molecule has 0 saturated heterocycles. The average molecular weight is 411 g/mol. The van der Waals surface area contributed by atoms with E-state index in [0.717, 1.165) is 41.1 Å². The van der Waals surface area contributed by atoms with Crippen LogP contribution in [0.15, 0.2) is 36.8 Å². The Bertz CT molecular complexity index is 1070. The second-order valence-corrected chi connectivity index (χ2v) is 9.81. The van der Waals surface area contributed by atoms with Crippen LogP contribution in [0.4, 0.5) is 5.82 Å². The molecule has 2 N–H and O–H groups in total. The third-order valence-corrected chi connectivity index (χ3v) is 7.10. The standard InChI is InChI=1S/C23H27ClN4O/c1-13-8-15(10-20(13)29)28-7-6-17-21(25-12-26-22(17)28)27-19-11-23(2,3)18-9-14(24)4-5-16(18)19/h4-7,9,12-13,15,19-20,29H,8,10-11H2,1-3H3,(H,25,26,27)/t13-,15+,19-,20-/m0/s1. The number of aromatic nitrogens is 3. The molecule has 0 unspecified atom stereocenters. The highest BCUT2D eigenvalue weighted by molar-refractivity contribution is 6.30. The van der Waals surface area contributed by atoms with Crippen molar-refractivity contribution in [2.45, 2.75) is 63.6 Å². The number of aliphatic hydroxyl groups excluding tert-OH is 1. The van der Waals surface area contributed by atoms with Gasteiger partial charge >= 0.3 is 0 Å². The van der Waals surface area contributed by atoms with Crippen molar-refractivity contribution < 1.29 is 5.11 Å². The smallest absolute Gasteiger partial charge is 0.145 e. The maximum atomic E-state index is 10.2. The number of rotatable bonds is 3. The molecule has 0 bridgehead atoms. The van der Waals surface area contributed by atoms with Crippen LogP contribution in [0.25, 0.3) is 11.0 Å². The Labute approximate surface area is 176 Å². The van der Waals surface area contributed by atoms with E-state index in [1.807, 2.05) is 6.07 Å². The van der Waals surface area contributed by atoms with E-state index in [1.54, 1.807) is 6.33 Å². The number of halogens is 1. The van der Waals surface area contributed by atoms with Gasteiger partial charge in [0.25, 0.3) is 0 Å². The van der Waals surface area contributed by atoms with Gasteiger partial charge in [0.1, 0.15) is 17.8 Å². The molecule has 5 nitrogen and oxygen atoms in total. The van der Waals surface area contributed by atoms with Crippen LogP contribution in [-0.2, 0) is 5.41 Å². The predicted octanol–water partition coefficient (Wildman–Crippen LogP) is 5.25. The lowest BCUT2D eigenvalue weighted by atomic mass is 9.86. The lowest BCUT2D eigenvalue weighted by molar-refractivity contribution is 0.139. The summed E-state index contributed by atoms with van der Waals surface area (Å²) in [6.45, 7) is 6.65. The van der Waals surface area contributed by atoms with Crippen LogP contribution in [0, 0.1) is 5.92 Å². The van der Waals surface area contributed by atoms with E-state index >= 15 is 0 Å². The fourth-order valence-electron chi connectivity index (χ4n) is 5.24. The first-order valence-corrected chi connectivity index (χ1v) is 10.8.